The third-order valence-corrected chi connectivity index (χ3v) is 7.69. The van der Waals surface area contributed by atoms with Crippen LogP contribution in [0, 0.1) is 0 Å². The molecule has 0 heterocycles. The molecule has 0 saturated carbocycles. The second kappa shape index (κ2) is 7.15. The van der Waals surface area contributed by atoms with E-state index in [0.717, 1.165) is 27.0 Å². The summed E-state index contributed by atoms with van der Waals surface area (Å²) in [4.78, 5) is 0. The van der Waals surface area contributed by atoms with Gasteiger partial charge in [0.05, 0.1) is 0 Å². The topological polar surface area (TPSA) is 17.1 Å². The van der Waals surface area contributed by atoms with Gasteiger partial charge >= 0.3 is 0 Å². The highest BCUT2D eigenvalue weighted by Gasteiger charge is 2.31. The van der Waals surface area contributed by atoms with E-state index in [1.54, 1.807) is 0 Å². The lowest BCUT2D eigenvalue weighted by molar-refractivity contribution is 0.592. The summed E-state index contributed by atoms with van der Waals surface area (Å²) in [7, 11) is -2.98. The minimum Gasteiger partial charge on any atom is -0.309 e. The summed E-state index contributed by atoms with van der Waals surface area (Å²) in [6.45, 7) is 0. The molecule has 0 spiro atoms. The molecule has 2 heteroatoms. The Balaban J connectivity index is 2.03. The summed E-state index contributed by atoms with van der Waals surface area (Å²) < 4.78 is 14.6. The van der Waals surface area contributed by atoms with Crippen LogP contribution < -0.4 is 15.9 Å². The van der Waals surface area contributed by atoms with Crippen LogP contribution in [0.1, 0.15) is 0 Å². The van der Waals surface area contributed by atoms with Crippen molar-refractivity contribution in [3.05, 3.63) is 115 Å². The first-order chi connectivity index (χ1) is 12.8. The van der Waals surface area contributed by atoms with Crippen molar-refractivity contribution in [3.63, 3.8) is 0 Å². The molecule has 0 bridgehead atoms. The predicted octanol–water partition coefficient (Wildman–Crippen LogP) is 4.99. The van der Waals surface area contributed by atoms with E-state index in [2.05, 4.69) is 18.2 Å². The van der Waals surface area contributed by atoms with Gasteiger partial charge in [-0.3, -0.25) is 0 Å². The molecule has 0 aliphatic heterocycles. The van der Waals surface area contributed by atoms with Crippen LogP contribution in [0.2, 0.25) is 0 Å². The van der Waals surface area contributed by atoms with Crippen molar-refractivity contribution in [2.75, 3.05) is 0 Å². The lowest BCUT2D eigenvalue weighted by atomic mass is 10.1. The van der Waals surface area contributed by atoms with Crippen molar-refractivity contribution in [3.8, 4) is 11.1 Å². The molecule has 26 heavy (non-hydrogen) atoms. The van der Waals surface area contributed by atoms with Crippen molar-refractivity contribution < 1.29 is 4.57 Å². The highest BCUT2D eigenvalue weighted by molar-refractivity contribution is 7.85. The van der Waals surface area contributed by atoms with Gasteiger partial charge in [0.25, 0.3) is 0 Å². The first kappa shape index (κ1) is 16.6. The lowest BCUT2D eigenvalue weighted by Gasteiger charge is -2.22. The third-order valence-electron chi connectivity index (χ3n) is 4.57. The molecule has 0 aliphatic carbocycles. The fourth-order valence-corrected chi connectivity index (χ4v) is 6.19. The quantitative estimate of drug-likeness (QED) is 0.472. The summed E-state index contributed by atoms with van der Waals surface area (Å²) in [6, 6.07) is 37.8. The highest BCUT2D eigenvalue weighted by Crippen LogP contribution is 2.45. The van der Waals surface area contributed by atoms with E-state index in [9.17, 15) is 4.57 Å². The molecule has 0 aromatic heterocycles. The summed E-state index contributed by atoms with van der Waals surface area (Å²) in [5.41, 5.74) is 2.10. The maximum atomic E-state index is 14.6. The summed E-state index contributed by atoms with van der Waals surface area (Å²) in [6.07, 6.45) is 0. The monoisotopic (exact) mass is 354 g/mol. The van der Waals surface area contributed by atoms with Crippen molar-refractivity contribution in [1.29, 1.82) is 0 Å². The molecule has 4 rings (SSSR count). The van der Waals surface area contributed by atoms with Crippen LogP contribution in [0.15, 0.2) is 115 Å². The minimum atomic E-state index is -2.98. The van der Waals surface area contributed by atoms with E-state index in [0.29, 0.717) is 0 Å². The van der Waals surface area contributed by atoms with Gasteiger partial charge in [0.2, 0.25) is 0 Å². The molecule has 0 unspecified atom stereocenters. The van der Waals surface area contributed by atoms with Gasteiger partial charge in [0.1, 0.15) is 0 Å². The van der Waals surface area contributed by atoms with Gasteiger partial charge in [-0.25, -0.2) is 0 Å². The largest absolute Gasteiger partial charge is 0.309 e. The zero-order valence-corrected chi connectivity index (χ0v) is 15.2. The predicted molar refractivity (Wildman–Crippen MR) is 111 cm³/mol. The average molecular weight is 354 g/mol. The van der Waals surface area contributed by atoms with Gasteiger partial charge in [0.15, 0.2) is 7.14 Å². The number of rotatable bonds is 4. The molecule has 0 atom stereocenters. The van der Waals surface area contributed by atoms with Gasteiger partial charge in [-0.05, 0) is 11.1 Å². The Hall–Kier alpha value is -2.89. The van der Waals surface area contributed by atoms with Crippen LogP contribution in [0.3, 0.4) is 0 Å². The average Bonchev–Trinajstić information content (AvgIpc) is 2.75. The van der Waals surface area contributed by atoms with Gasteiger partial charge in [-0.2, -0.15) is 0 Å². The molecule has 126 valence electrons. The van der Waals surface area contributed by atoms with Crippen molar-refractivity contribution in [1.82, 2.24) is 0 Å². The molecule has 0 saturated heterocycles. The molecule has 0 radical (unpaired) electrons. The molecular formula is C24H19OP. The highest BCUT2D eigenvalue weighted by atomic mass is 31.2. The maximum Gasteiger partial charge on any atom is 0.171 e. The number of hydrogen-bond acceptors (Lipinski definition) is 1. The molecule has 0 fully saturated rings. The molecule has 1 nitrogen and oxygen atoms in total. The molecular weight excluding hydrogens is 335 g/mol. The molecule has 4 aromatic rings. The Morgan fingerprint density at radius 1 is 0.462 bits per heavy atom. The first-order valence-electron chi connectivity index (χ1n) is 8.66. The van der Waals surface area contributed by atoms with Crippen molar-refractivity contribution in [2.45, 2.75) is 0 Å². The van der Waals surface area contributed by atoms with Crippen LogP contribution in [0.4, 0.5) is 0 Å². The van der Waals surface area contributed by atoms with Crippen LogP contribution >= 0.6 is 7.14 Å². The van der Waals surface area contributed by atoms with Crippen molar-refractivity contribution >= 4 is 23.1 Å². The SMILES string of the molecule is O=P(c1ccccc1)(c1ccccc1)c1ccccc1-c1ccccc1. The zero-order chi connectivity index (χ0) is 17.8. The van der Waals surface area contributed by atoms with E-state index < -0.39 is 7.14 Å². The lowest BCUT2D eigenvalue weighted by Crippen LogP contribution is -2.26. The Labute approximate surface area is 154 Å². The first-order valence-corrected chi connectivity index (χ1v) is 10.4. The van der Waals surface area contributed by atoms with Gasteiger partial charge < -0.3 is 4.57 Å². The summed E-state index contributed by atoms with van der Waals surface area (Å²) in [5.74, 6) is 0. The Morgan fingerprint density at radius 2 is 0.885 bits per heavy atom. The zero-order valence-electron chi connectivity index (χ0n) is 14.3. The molecule has 4 aromatic carbocycles. The number of benzene rings is 4. The van der Waals surface area contributed by atoms with E-state index in [-0.39, 0.29) is 0 Å². The van der Waals surface area contributed by atoms with Crippen LogP contribution in [0.25, 0.3) is 11.1 Å². The Kier molecular flexibility index (Phi) is 4.56. The summed E-state index contributed by atoms with van der Waals surface area (Å²) >= 11 is 0. The second-order valence-electron chi connectivity index (χ2n) is 6.16. The van der Waals surface area contributed by atoms with Crippen LogP contribution in [-0.2, 0) is 4.57 Å². The normalized spacial score (nSPS) is 11.2. The van der Waals surface area contributed by atoms with E-state index in [4.69, 9.17) is 0 Å². The Morgan fingerprint density at radius 3 is 1.42 bits per heavy atom. The summed E-state index contributed by atoms with van der Waals surface area (Å²) in [5, 5.41) is 2.59. The maximum absolute atomic E-state index is 14.6. The second-order valence-corrected chi connectivity index (χ2v) is 8.90. The van der Waals surface area contributed by atoms with Crippen molar-refractivity contribution in [2.24, 2.45) is 0 Å². The van der Waals surface area contributed by atoms with E-state index >= 15 is 0 Å². The van der Waals surface area contributed by atoms with Crippen LogP contribution in [-0.4, -0.2) is 0 Å². The van der Waals surface area contributed by atoms with E-state index in [1.807, 2.05) is 97.1 Å². The standard InChI is InChI=1S/C24H19OP/c25-26(21-14-6-2-7-15-21,22-16-8-3-9-17-22)24-19-11-10-18-23(24)20-12-4-1-5-13-20/h1-19H. The van der Waals surface area contributed by atoms with Gasteiger partial charge in [0, 0.05) is 15.9 Å². The van der Waals surface area contributed by atoms with Crippen LogP contribution in [0.5, 0.6) is 0 Å². The molecule has 0 N–H and O–H groups in total. The van der Waals surface area contributed by atoms with Gasteiger partial charge in [-0.1, -0.05) is 115 Å². The Bertz CT molecular complexity index is 998. The molecule has 0 amide bonds. The number of hydrogen-bond donors (Lipinski definition) is 0. The van der Waals surface area contributed by atoms with E-state index in [1.165, 1.54) is 0 Å². The fourth-order valence-electron chi connectivity index (χ4n) is 3.31. The van der Waals surface area contributed by atoms with Gasteiger partial charge in [-0.15, -0.1) is 0 Å². The molecule has 0 aliphatic rings. The smallest absolute Gasteiger partial charge is 0.171 e. The third kappa shape index (κ3) is 2.92. The minimum absolute atomic E-state index is 0.856. The fraction of sp³-hybridized carbons (Fsp3) is 0.